The topological polar surface area (TPSA) is 59.4 Å². The van der Waals surface area contributed by atoms with E-state index >= 15 is 0 Å². The molecule has 1 atom stereocenters. The Morgan fingerprint density at radius 2 is 2.04 bits per heavy atom. The van der Waals surface area contributed by atoms with Crippen LogP contribution in [0.3, 0.4) is 0 Å². The molecule has 1 amide bonds. The maximum Gasteiger partial charge on any atom is 0.236 e. The molecule has 0 aliphatic carbocycles. The third kappa shape index (κ3) is 4.43. The molecule has 1 fully saturated rings. The van der Waals surface area contributed by atoms with Gasteiger partial charge in [0.1, 0.15) is 0 Å². The Morgan fingerprint density at radius 1 is 1.29 bits per heavy atom. The highest BCUT2D eigenvalue weighted by Crippen LogP contribution is 2.12. The normalized spacial score (nSPS) is 16.1. The van der Waals surface area contributed by atoms with Crippen LogP contribution in [0, 0.1) is 0 Å². The van der Waals surface area contributed by atoms with Gasteiger partial charge in [-0.15, -0.1) is 0 Å². The lowest BCUT2D eigenvalue weighted by molar-refractivity contribution is -0.134. The summed E-state index contributed by atoms with van der Waals surface area (Å²) < 4.78 is 7.19. The molecule has 1 aliphatic heterocycles. The molecule has 3 rings (SSSR count). The van der Waals surface area contributed by atoms with Crippen molar-refractivity contribution < 1.29 is 9.53 Å². The minimum Gasteiger partial charge on any atom is -0.378 e. The van der Waals surface area contributed by atoms with E-state index in [1.807, 2.05) is 40.2 Å². The summed E-state index contributed by atoms with van der Waals surface area (Å²) in [6, 6.07) is 10.3. The fourth-order valence-corrected chi connectivity index (χ4v) is 2.74. The van der Waals surface area contributed by atoms with Gasteiger partial charge in [-0.1, -0.05) is 30.3 Å². The molecule has 6 nitrogen and oxygen atoms in total. The van der Waals surface area contributed by atoms with Crippen molar-refractivity contribution in [2.45, 2.75) is 19.5 Å². The fourth-order valence-electron chi connectivity index (χ4n) is 2.74. The molecular weight excluding hydrogens is 304 g/mol. The Bertz CT molecular complexity index is 650. The van der Waals surface area contributed by atoms with Gasteiger partial charge in [-0.3, -0.25) is 9.48 Å². The average molecular weight is 328 g/mol. The summed E-state index contributed by atoms with van der Waals surface area (Å²) >= 11 is 0. The van der Waals surface area contributed by atoms with Crippen molar-refractivity contribution in [1.29, 1.82) is 0 Å². The first-order valence-electron chi connectivity index (χ1n) is 8.37. The SMILES string of the molecule is C[C@@H](NCC(=O)N1CCOCC1)c1cnn(Cc2ccccc2)c1. The molecular formula is C18H24N4O2. The second kappa shape index (κ2) is 8.08. The zero-order valence-electron chi connectivity index (χ0n) is 14.0. The molecule has 1 saturated heterocycles. The van der Waals surface area contributed by atoms with Crippen molar-refractivity contribution in [3.05, 3.63) is 53.9 Å². The van der Waals surface area contributed by atoms with E-state index in [4.69, 9.17) is 4.74 Å². The van der Waals surface area contributed by atoms with Gasteiger partial charge in [-0.2, -0.15) is 5.10 Å². The lowest BCUT2D eigenvalue weighted by Gasteiger charge is -2.27. The Balaban J connectivity index is 1.50. The minimum atomic E-state index is 0.0829. The molecule has 1 aliphatic rings. The van der Waals surface area contributed by atoms with Gasteiger partial charge in [0, 0.05) is 30.9 Å². The molecule has 2 heterocycles. The molecule has 0 unspecified atom stereocenters. The highest BCUT2D eigenvalue weighted by atomic mass is 16.5. The molecule has 0 radical (unpaired) electrons. The van der Waals surface area contributed by atoms with Gasteiger partial charge in [0.2, 0.25) is 5.91 Å². The molecule has 1 aromatic carbocycles. The number of carbonyl (C=O) groups excluding carboxylic acids is 1. The number of nitrogens with zero attached hydrogens (tertiary/aromatic N) is 3. The first-order chi connectivity index (χ1) is 11.7. The van der Waals surface area contributed by atoms with Gasteiger partial charge in [-0.05, 0) is 12.5 Å². The van der Waals surface area contributed by atoms with Crippen LogP contribution < -0.4 is 5.32 Å². The number of rotatable bonds is 6. The van der Waals surface area contributed by atoms with Crippen molar-refractivity contribution >= 4 is 5.91 Å². The van der Waals surface area contributed by atoms with E-state index < -0.39 is 0 Å². The molecule has 0 bridgehead atoms. The lowest BCUT2D eigenvalue weighted by atomic mass is 10.2. The van der Waals surface area contributed by atoms with Crippen molar-refractivity contribution in [2.75, 3.05) is 32.8 Å². The number of amides is 1. The molecule has 128 valence electrons. The van der Waals surface area contributed by atoms with Crippen molar-refractivity contribution in [1.82, 2.24) is 20.0 Å². The second-order valence-electron chi connectivity index (χ2n) is 6.05. The highest BCUT2D eigenvalue weighted by molar-refractivity contribution is 5.78. The quantitative estimate of drug-likeness (QED) is 0.872. The smallest absolute Gasteiger partial charge is 0.236 e. The zero-order chi connectivity index (χ0) is 16.8. The van der Waals surface area contributed by atoms with Gasteiger partial charge in [-0.25, -0.2) is 0 Å². The van der Waals surface area contributed by atoms with Crippen LogP contribution >= 0.6 is 0 Å². The number of hydrogen-bond donors (Lipinski definition) is 1. The Morgan fingerprint density at radius 3 is 2.79 bits per heavy atom. The van der Waals surface area contributed by atoms with Crippen LogP contribution in [-0.2, 0) is 16.1 Å². The number of nitrogens with one attached hydrogen (secondary N) is 1. The molecule has 6 heteroatoms. The average Bonchev–Trinajstić information content (AvgIpc) is 3.09. The van der Waals surface area contributed by atoms with Gasteiger partial charge in [0.15, 0.2) is 0 Å². The second-order valence-corrected chi connectivity index (χ2v) is 6.05. The number of morpholine rings is 1. The van der Waals surface area contributed by atoms with Crippen LogP contribution in [0.1, 0.15) is 24.1 Å². The van der Waals surface area contributed by atoms with E-state index in [2.05, 4.69) is 29.5 Å². The molecule has 1 N–H and O–H groups in total. The molecule has 2 aromatic rings. The summed E-state index contributed by atoms with van der Waals surface area (Å²) in [5.41, 5.74) is 2.30. The Labute approximate surface area is 142 Å². The van der Waals surface area contributed by atoms with E-state index in [1.165, 1.54) is 5.56 Å². The summed E-state index contributed by atoms with van der Waals surface area (Å²) in [5, 5.41) is 7.70. The number of benzene rings is 1. The molecule has 24 heavy (non-hydrogen) atoms. The number of ether oxygens (including phenoxy) is 1. The minimum absolute atomic E-state index is 0.0829. The summed E-state index contributed by atoms with van der Waals surface area (Å²) in [4.78, 5) is 14.0. The summed E-state index contributed by atoms with van der Waals surface area (Å²) in [5.74, 6) is 0.127. The van der Waals surface area contributed by atoms with Gasteiger partial charge in [0.25, 0.3) is 0 Å². The third-order valence-electron chi connectivity index (χ3n) is 4.26. The van der Waals surface area contributed by atoms with Crippen LogP contribution in [0.2, 0.25) is 0 Å². The summed E-state index contributed by atoms with van der Waals surface area (Å²) in [6.45, 7) is 5.77. The van der Waals surface area contributed by atoms with Gasteiger partial charge >= 0.3 is 0 Å². The van der Waals surface area contributed by atoms with Crippen molar-refractivity contribution in [3.8, 4) is 0 Å². The first-order valence-corrected chi connectivity index (χ1v) is 8.37. The molecule has 1 aromatic heterocycles. The Kier molecular flexibility index (Phi) is 5.61. The molecule has 0 spiro atoms. The van der Waals surface area contributed by atoms with Crippen LogP contribution in [0.15, 0.2) is 42.7 Å². The zero-order valence-corrected chi connectivity index (χ0v) is 14.0. The number of aromatic nitrogens is 2. The van der Waals surface area contributed by atoms with Crippen LogP contribution in [-0.4, -0.2) is 53.4 Å². The van der Waals surface area contributed by atoms with E-state index in [-0.39, 0.29) is 11.9 Å². The van der Waals surface area contributed by atoms with Crippen LogP contribution in [0.25, 0.3) is 0 Å². The predicted octanol–water partition coefficient (Wildman–Crippen LogP) is 1.44. The van der Waals surface area contributed by atoms with E-state index in [9.17, 15) is 4.79 Å². The maximum atomic E-state index is 12.2. The maximum absolute atomic E-state index is 12.2. The first kappa shape index (κ1) is 16.7. The van der Waals surface area contributed by atoms with E-state index in [0.29, 0.717) is 32.8 Å². The van der Waals surface area contributed by atoms with E-state index in [1.54, 1.807) is 0 Å². The predicted molar refractivity (Wildman–Crippen MR) is 91.6 cm³/mol. The summed E-state index contributed by atoms with van der Waals surface area (Å²) in [6.07, 6.45) is 3.89. The Hall–Kier alpha value is -2.18. The monoisotopic (exact) mass is 328 g/mol. The highest BCUT2D eigenvalue weighted by Gasteiger charge is 2.17. The van der Waals surface area contributed by atoms with Crippen LogP contribution in [0.5, 0.6) is 0 Å². The van der Waals surface area contributed by atoms with Crippen molar-refractivity contribution in [2.24, 2.45) is 0 Å². The van der Waals surface area contributed by atoms with E-state index in [0.717, 1.165) is 12.1 Å². The fraction of sp³-hybridized carbons (Fsp3) is 0.444. The lowest BCUT2D eigenvalue weighted by Crippen LogP contribution is -2.45. The summed E-state index contributed by atoms with van der Waals surface area (Å²) in [7, 11) is 0. The standard InChI is InChI=1S/C18H24N4O2/c1-15(19-12-18(23)21-7-9-24-10-8-21)17-11-20-22(14-17)13-16-5-3-2-4-6-16/h2-6,11,14-15,19H,7-10,12-13H2,1H3/t15-/m1/s1. The van der Waals surface area contributed by atoms with Crippen LogP contribution in [0.4, 0.5) is 0 Å². The number of hydrogen-bond acceptors (Lipinski definition) is 4. The van der Waals surface area contributed by atoms with Gasteiger partial charge in [0.05, 0.1) is 32.5 Å². The van der Waals surface area contributed by atoms with Gasteiger partial charge < -0.3 is 15.0 Å². The largest absolute Gasteiger partial charge is 0.378 e. The molecule has 0 saturated carbocycles. The van der Waals surface area contributed by atoms with Crippen molar-refractivity contribution in [3.63, 3.8) is 0 Å². The third-order valence-corrected chi connectivity index (χ3v) is 4.26. The number of carbonyl (C=O) groups is 1.